The van der Waals surface area contributed by atoms with Crippen molar-refractivity contribution in [1.82, 2.24) is 0 Å². The molecule has 1 aromatic rings. The van der Waals surface area contributed by atoms with Crippen molar-refractivity contribution in [3.8, 4) is 0 Å². The van der Waals surface area contributed by atoms with Crippen LogP contribution >= 0.6 is 0 Å². The molecule has 0 fully saturated rings. The number of rotatable bonds is 14. The Morgan fingerprint density at radius 3 is 1.12 bits per heavy atom. The summed E-state index contributed by atoms with van der Waals surface area (Å²) in [5.41, 5.74) is 1.97. The fourth-order valence-electron chi connectivity index (χ4n) is 7.39. The van der Waals surface area contributed by atoms with Crippen LogP contribution in [-0.2, 0) is 4.43 Å². The van der Waals surface area contributed by atoms with Gasteiger partial charge in [-0.25, -0.2) is 4.79 Å². The third-order valence-electron chi connectivity index (χ3n) is 9.86. The normalized spacial score (nSPS) is 13.3. The molecule has 0 radical (unpaired) electrons. The summed E-state index contributed by atoms with van der Waals surface area (Å²) in [6, 6.07) is 19.7. The van der Waals surface area contributed by atoms with E-state index < -0.39 is 29.6 Å². The molecule has 0 saturated heterocycles. The number of benzene rings is 1. The summed E-state index contributed by atoms with van der Waals surface area (Å²) in [6.45, 7) is 21.9. The average molecular weight is 509 g/mol. The molecule has 6 heteroatoms. The van der Waals surface area contributed by atoms with Gasteiger partial charge in [0.15, 0.2) is 0 Å². The number of hydrogen-bond acceptors (Lipinski definition) is 2. The Morgan fingerprint density at radius 1 is 0.594 bits per heavy atom. The van der Waals surface area contributed by atoms with Gasteiger partial charge in [-0.2, -0.15) is 0 Å². The van der Waals surface area contributed by atoms with Crippen LogP contribution < -0.4 is 0 Å². The van der Waals surface area contributed by atoms with Crippen LogP contribution in [0.2, 0.25) is 54.4 Å². The maximum Gasteiger partial charge on any atom is 0.324 e. The molecule has 1 aromatic carbocycles. The van der Waals surface area contributed by atoms with E-state index in [-0.39, 0.29) is 5.97 Å². The number of carbonyl (C=O) groups is 1. The molecule has 0 aliphatic rings. The Balaban J connectivity index is 4.11. The minimum atomic E-state index is -2.33. The van der Waals surface area contributed by atoms with Gasteiger partial charge in [0, 0.05) is 0 Å². The summed E-state index contributed by atoms with van der Waals surface area (Å²) in [6.07, 6.45) is 0. The van der Waals surface area contributed by atoms with E-state index in [1.807, 2.05) is 12.1 Å². The van der Waals surface area contributed by atoms with Gasteiger partial charge in [0.25, 0.3) is 0 Å². The van der Waals surface area contributed by atoms with Gasteiger partial charge in [0.2, 0.25) is 6.87 Å². The SMILES string of the molecule is CC[Si](CC)(CC)[Si](OC(=O)c1ccc(C)cc1)([Si](CC)(CC)CC)[Si](CC)(CC)CC. The van der Waals surface area contributed by atoms with E-state index in [1.165, 1.54) is 60.0 Å². The first kappa shape index (κ1) is 29.6. The van der Waals surface area contributed by atoms with Crippen LogP contribution in [0.3, 0.4) is 0 Å². The molecular weight excluding hydrogens is 457 g/mol. The predicted octanol–water partition coefficient (Wildman–Crippen LogP) is 8.86. The molecule has 0 aliphatic carbocycles. The van der Waals surface area contributed by atoms with E-state index in [0.29, 0.717) is 0 Å². The number of hydrogen-bond donors (Lipinski definition) is 0. The maximum absolute atomic E-state index is 14.0. The van der Waals surface area contributed by atoms with Crippen LogP contribution in [0.5, 0.6) is 0 Å². The second-order valence-corrected chi connectivity index (χ2v) is 46.0. The van der Waals surface area contributed by atoms with E-state index in [0.717, 1.165) is 5.56 Å². The zero-order chi connectivity index (χ0) is 24.6. The lowest BCUT2D eigenvalue weighted by Crippen LogP contribution is -2.89. The highest BCUT2D eigenvalue weighted by molar-refractivity contribution is 7.88. The Morgan fingerprint density at radius 2 is 0.875 bits per heavy atom. The van der Waals surface area contributed by atoms with Gasteiger partial charge in [-0.05, 0) is 19.1 Å². The second-order valence-electron chi connectivity index (χ2n) is 9.96. The average Bonchev–Trinajstić information content (AvgIpc) is 2.83. The molecule has 0 amide bonds. The monoisotopic (exact) mass is 508 g/mol. The summed E-state index contributed by atoms with van der Waals surface area (Å²) in [7, 11) is -5.34. The molecule has 2 nitrogen and oxygen atoms in total. The molecule has 32 heavy (non-hydrogen) atoms. The molecule has 0 aromatic heterocycles. The molecule has 0 atom stereocenters. The molecule has 0 N–H and O–H groups in total. The Kier molecular flexibility index (Phi) is 11.4. The van der Waals surface area contributed by atoms with Gasteiger partial charge in [0.05, 0.1) is 28.3 Å². The molecule has 1 rings (SSSR count). The Bertz CT molecular complexity index is 630. The van der Waals surface area contributed by atoms with E-state index in [4.69, 9.17) is 4.43 Å². The van der Waals surface area contributed by atoms with Crippen LogP contribution in [-0.4, -0.2) is 35.6 Å². The minimum absolute atomic E-state index is 0.0170. The molecule has 0 spiro atoms. The van der Waals surface area contributed by atoms with Crippen molar-refractivity contribution in [2.24, 2.45) is 0 Å². The second kappa shape index (κ2) is 12.3. The van der Waals surface area contributed by atoms with E-state index in [9.17, 15) is 4.79 Å². The van der Waals surface area contributed by atoms with Gasteiger partial charge in [-0.3, -0.25) is 0 Å². The van der Waals surface area contributed by atoms with Crippen LogP contribution in [0.15, 0.2) is 24.3 Å². The minimum Gasteiger partial charge on any atom is -0.524 e. The fraction of sp³-hybridized carbons (Fsp3) is 0.731. The van der Waals surface area contributed by atoms with E-state index >= 15 is 0 Å². The molecule has 0 heterocycles. The van der Waals surface area contributed by atoms with Gasteiger partial charge < -0.3 is 4.43 Å². The molecule has 0 unspecified atom stereocenters. The molecular formula is C26H52O2Si4. The zero-order valence-corrected chi connectivity index (χ0v) is 27.0. The maximum atomic E-state index is 14.0. The lowest BCUT2D eigenvalue weighted by molar-refractivity contribution is 0.0735. The van der Waals surface area contributed by atoms with Crippen molar-refractivity contribution in [2.45, 2.75) is 124 Å². The first-order chi connectivity index (χ1) is 15.2. The third kappa shape index (κ3) is 4.58. The van der Waals surface area contributed by atoms with Gasteiger partial charge in [0.1, 0.15) is 0 Å². The smallest absolute Gasteiger partial charge is 0.324 e. The van der Waals surface area contributed by atoms with Crippen molar-refractivity contribution in [1.29, 1.82) is 0 Å². The van der Waals surface area contributed by atoms with Crippen LogP contribution in [0.1, 0.15) is 78.2 Å². The largest absolute Gasteiger partial charge is 0.524 e. The lowest BCUT2D eigenvalue weighted by Gasteiger charge is -2.63. The van der Waals surface area contributed by atoms with Crippen molar-refractivity contribution >= 4 is 35.6 Å². The van der Waals surface area contributed by atoms with Crippen LogP contribution in [0.25, 0.3) is 0 Å². The highest BCUT2D eigenvalue weighted by Gasteiger charge is 2.74. The van der Waals surface area contributed by atoms with Crippen molar-refractivity contribution < 1.29 is 9.22 Å². The van der Waals surface area contributed by atoms with Crippen molar-refractivity contribution in [3.05, 3.63) is 35.4 Å². The Hall–Kier alpha value is -0.442. The van der Waals surface area contributed by atoms with Crippen LogP contribution in [0.4, 0.5) is 0 Å². The lowest BCUT2D eigenvalue weighted by atomic mass is 10.2. The molecule has 0 bridgehead atoms. The van der Waals surface area contributed by atoms with Gasteiger partial charge in [-0.1, -0.05) is 134 Å². The highest BCUT2D eigenvalue weighted by Crippen LogP contribution is 2.51. The van der Waals surface area contributed by atoms with Crippen LogP contribution in [0, 0.1) is 6.92 Å². The van der Waals surface area contributed by atoms with E-state index in [2.05, 4.69) is 81.4 Å². The summed E-state index contributed by atoms with van der Waals surface area (Å²) in [5.74, 6) is 0.0170. The quantitative estimate of drug-likeness (QED) is 0.234. The fourth-order valence-corrected chi connectivity index (χ4v) is 106. The number of aryl methyl sites for hydroxylation is 1. The Labute approximate surface area is 203 Å². The first-order valence-corrected chi connectivity index (χ1v) is 26.3. The summed E-state index contributed by atoms with van der Waals surface area (Å²) >= 11 is 0. The molecule has 0 saturated carbocycles. The molecule has 0 aliphatic heterocycles. The predicted molar refractivity (Wildman–Crippen MR) is 154 cm³/mol. The molecule has 184 valence electrons. The van der Waals surface area contributed by atoms with E-state index in [1.54, 1.807) is 0 Å². The van der Waals surface area contributed by atoms with Gasteiger partial charge in [-0.15, -0.1) is 0 Å². The van der Waals surface area contributed by atoms with Crippen molar-refractivity contribution in [2.75, 3.05) is 0 Å². The number of carbonyl (C=O) groups excluding carboxylic acids is 1. The topological polar surface area (TPSA) is 26.3 Å². The highest BCUT2D eigenvalue weighted by atomic mass is 29.9. The summed E-state index contributed by atoms with van der Waals surface area (Å²) in [4.78, 5) is 14.0. The van der Waals surface area contributed by atoms with Crippen molar-refractivity contribution in [3.63, 3.8) is 0 Å². The summed E-state index contributed by atoms with van der Waals surface area (Å²) in [5, 5.41) is 0. The third-order valence-corrected chi connectivity index (χ3v) is 79.6. The standard InChI is InChI=1S/C26H52O2Si4/c1-11-29(12-2,13-3)32(30(14-4,15-5)16-6,31(17-7,18-8)19-9)28-26(27)25-22-20-24(10)21-23-25/h20-23H,11-19H2,1-10H3. The summed E-state index contributed by atoms with van der Waals surface area (Å²) < 4.78 is 7.46. The first-order valence-electron chi connectivity index (χ1n) is 13.5. The zero-order valence-electron chi connectivity index (χ0n) is 23.0. The van der Waals surface area contributed by atoms with Gasteiger partial charge >= 0.3 is 5.97 Å².